The summed E-state index contributed by atoms with van der Waals surface area (Å²) < 4.78 is 11.6. The first-order chi connectivity index (χ1) is 17.0. The number of amides is 1. The van der Waals surface area contributed by atoms with Crippen LogP contribution in [0.1, 0.15) is 53.4 Å². The van der Waals surface area contributed by atoms with Crippen LogP contribution < -0.4 is 14.8 Å². The van der Waals surface area contributed by atoms with Gasteiger partial charge in [-0.05, 0) is 48.1 Å². The molecule has 2 unspecified atom stereocenters. The van der Waals surface area contributed by atoms with Gasteiger partial charge < -0.3 is 14.8 Å². The van der Waals surface area contributed by atoms with Crippen molar-refractivity contribution in [2.45, 2.75) is 44.6 Å². The molecule has 1 aliphatic carbocycles. The Morgan fingerprint density at radius 1 is 0.857 bits per heavy atom. The van der Waals surface area contributed by atoms with E-state index < -0.39 is 0 Å². The molecule has 0 spiro atoms. The highest BCUT2D eigenvalue weighted by Crippen LogP contribution is 2.44. The maximum absolute atomic E-state index is 13.4. The lowest BCUT2D eigenvalue weighted by Crippen LogP contribution is -2.38. The summed E-state index contributed by atoms with van der Waals surface area (Å²) in [5.41, 5.74) is 5.76. The Morgan fingerprint density at radius 2 is 1.60 bits per heavy atom. The predicted octanol–water partition coefficient (Wildman–Crippen LogP) is 5.59. The fraction of sp³-hybridized carbons (Fsp3) is 0.267. The second-order valence-corrected chi connectivity index (χ2v) is 9.32. The Hall–Kier alpha value is -3.86. The summed E-state index contributed by atoms with van der Waals surface area (Å²) in [5.74, 6) is 1.04. The van der Waals surface area contributed by atoms with E-state index in [9.17, 15) is 9.59 Å². The van der Waals surface area contributed by atoms with Crippen molar-refractivity contribution in [1.82, 2.24) is 5.32 Å². The van der Waals surface area contributed by atoms with E-state index in [0.29, 0.717) is 30.9 Å². The van der Waals surface area contributed by atoms with Crippen LogP contribution in [0.3, 0.4) is 0 Å². The Morgan fingerprint density at radius 3 is 2.34 bits per heavy atom. The molecule has 2 aliphatic rings. The third kappa shape index (κ3) is 4.85. The molecule has 1 N–H and O–H groups in total. The number of hydrogen-bond acceptors (Lipinski definition) is 4. The molecular weight excluding hydrogens is 438 g/mol. The Labute approximate surface area is 205 Å². The van der Waals surface area contributed by atoms with Gasteiger partial charge in [-0.15, -0.1) is 0 Å². The average molecular weight is 468 g/mol. The molecule has 178 valence electrons. The number of Topliss-reactive ketones (excluding diaryl/α,β-unsaturated/α-hetero) is 1. The molecule has 1 amide bonds. The molecule has 3 aromatic carbocycles. The van der Waals surface area contributed by atoms with E-state index in [1.807, 2.05) is 48.5 Å². The zero-order valence-electron chi connectivity index (χ0n) is 20.0. The highest BCUT2D eigenvalue weighted by atomic mass is 16.5. The summed E-state index contributed by atoms with van der Waals surface area (Å²) in [7, 11) is 1.60. The highest BCUT2D eigenvalue weighted by Gasteiger charge is 2.38. The van der Waals surface area contributed by atoms with Gasteiger partial charge in [0.1, 0.15) is 6.61 Å². The minimum atomic E-state index is -0.290. The highest BCUT2D eigenvalue weighted by molar-refractivity contribution is 6.02. The topological polar surface area (TPSA) is 64.6 Å². The second-order valence-electron chi connectivity index (χ2n) is 9.32. The van der Waals surface area contributed by atoms with Gasteiger partial charge in [0, 0.05) is 30.0 Å². The van der Waals surface area contributed by atoms with Gasteiger partial charge in [-0.1, -0.05) is 66.2 Å². The van der Waals surface area contributed by atoms with Crippen molar-refractivity contribution in [3.63, 3.8) is 0 Å². The summed E-state index contributed by atoms with van der Waals surface area (Å²) in [4.78, 5) is 26.0. The van der Waals surface area contributed by atoms with E-state index >= 15 is 0 Å². The van der Waals surface area contributed by atoms with E-state index in [0.717, 1.165) is 28.0 Å². The summed E-state index contributed by atoms with van der Waals surface area (Å²) in [5, 5.41) is 3.00. The smallest absolute Gasteiger partial charge is 0.225 e. The van der Waals surface area contributed by atoms with Crippen LogP contribution >= 0.6 is 0 Å². The molecule has 0 bridgehead atoms. The minimum absolute atomic E-state index is 0.0607. The number of carbonyl (C=O) groups is 2. The van der Waals surface area contributed by atoms with Crippen molar-refractivity contribution in [2.75, 3.05) is 7.11 Å². The van der Waals surface area contributed by atoms with Crippen molar-refractivity contribution < 1.29 is 19.1 Å². The SMILES string of the molecule is COc1cc(C2CC(=O)NC3=C2C(=O)CC(c2ccc(C)cc2)C3)ccc1OCc1ccccc1. The lowest BCUT2D eigenvalue weighted by atomic mass is 9.73. The zero-order chi connectivity index (χ0) is 24.4. The van der Waals surface area contributed by atoms with Crippen molar-refractivity contribution in [3.05, 3.63) is 106 Å². The van der Waals surface area contributed by atoms with Gasteiger partial charge in [-0.3, -0.25) is 9.59 Å². The molecule has 5 rings (SSSR count). The maximum atomic E-state index is 13.4. The Kier molecular flexibility index (Phi) is 6.41. The first-order valence-electron chi connectivity index (χ1n) is 12.0. The predicted molar refractivity (Wildman–Crippen MR) is 134 cm³/mol. The Bertz CT molecular complexity index is 1280. The Balaban J connectivity index is 1.41. The zero-order valence-corrected chi connectivity index (χ0v) is 20.0. The van der Waals surface area contributed by atoms with E-state index in [1.165, 1.54) is 5.56 Å². The van der Waals surface area contributed by atoms with Gasteiger partial charge in [-0.25, -0.2) is 0 Å². The summed E-state index contributed by atoms with van der Waals surface area (Å²) in [6.07, 6.45) is 1.35. The third-order valence-corrected chi connectivity index (χ3v) is 6.91. The number of nitrogens with one attached hydrogen (secondary N) is 1. The van der Waals surface area contributed by atoms with Crippen LogP contribution in [-0.2, 0) is 16.2 Å². The molecule has 0 aromatic heterocycles. The van der Waals surface area contributed by atoms with Crippen molar-refractivity contribution in [2.24, 2.45) is 0 Å². The third-order valence-electron chi connectivity index (χ3n) is 6.91. The number of methoxy groups -OCH3 is 1. The van der Waals surface area contributed by atoms with Gasteiger partial charge in [0.2, 0.25) is 5.91 Å². The summed E-state index contributed by atoms with van der Waals surface area (Å²) in [6.45, 7) is 2.48. The fourth-order valence-electron chi connectivity index (χ4n) is 5.07. The van der Waals surface area contributed by atoms with Crippen LogP contribution in [0.4, 0.5) is 0 Å². The van der Waals surface area contributed by atoms with Crippen LogP contribution in [0.25, 0.3) is 0 Å². The fourth-order valence-corrected chi connectivity index (χ4v) is 5.07. The second kappa shape index (κ2) is 9.79. The molecular formula is C30H29NO4. The van der Waals surface area contributed by atoms with Gasteiger partial charge in [0.25, 0.3) is 0 Å². The maximum Gasteiger partial charge on any atom is 0.225 e. The normalized spacial score (nSPS) is 19.7. The molecule has 0 saturated carbocycles. The number of rotatable bonds is 6. The number of hydrogen-bond donors (Lipinski definition) is 1. The van der Waals surface area contributed by atoms with Gasteiger partial charge in [-0.2, -0.15) is 0 Å². The lowest BCUT2D eigenvalue weighted by Gasteiger charge is -2.34. The molecule has 35 heavy (non-hydrogen) atoms. The number of ether oxygens (including phenoxy) is 2. The van der Waals surface area contributed by atoms with Gasteiger partial charge in [0.15, 0.2) is 17.3 Å². The molecule has 5 nitrogen and oxygen atoms in total. The molecule has 1 aliphatic heterocycles. The molecule has 3 aromatic rings. The van der Waals surface area contributed by atoms with E-state index in [1.54, 1.807) is 7.11 Å². The molecule has 0 fully saturated rings. The van der Waals surface area contributed by atoms with E-state index in [2.05, 4.69) is 36.5 Å². The molecule has 1 heterocycles. The lowest BCUT2D eigenvalue weighted by molar-refractivity contribution is -0.122. The molecule has 5 heteroatoms. The van der Waals surface area contributed by atoms with Crippen LogP contribution in [0.2, 0.25) is 0 Å². The van der Waals surface area contributed by atoms with E-state index in [-0.39, 0.29) is 29.9 Å². The molecule has 0 saturated heterocycles. The van der Waals surface area contributed by atoms with Crippen LogP contribution in [0.15, 0.2) is 84.1 Å². The monoisotopic (exact) mass is 467 g/mol. The minimum Gasteiger partial charge on any atom is -0.493 e. The number of benzene rings is 3. The standard InChI is InChI=1S/C30H29NO4/c1-19-8-10-21(11-9-19)23-14-25-30(26(32)15-23)24(17-29(33)31-25)22-12-13-27(28(16-22)34-2)35-18-20-6-4-3-5-7-20/h3-13,16,23-24H,14-15,17-18H2,1-2H3,(H,31,33). The quantitative estimate of drug-likeness (QED) is 0.514. The molecule has 2 atom stereocenters. The van der Waals surface area contributed by atoms with Crippen molar-refractivity contribution in [1.29, 1.82) is 0 Å². The average Bonchev–Trinajstić information content (AvgIpc) is 2.87. The number of allylic oxidation sites excluding steroid dienone is 2. The van der Waals surface area contributed by atoms with Crippen molar-refractivity contribution in [3.8, 4) is 11.5 Å². The largest absolute Gasteiger partial charge is 0.493 e. The summed E-state index contributed by atoms with van der Waals surface area (Å²) >= 11 is 0. The molecule has 0 radical (unpaired) electrons. The summed E-state index contributed by atoms with van der Waals surface area (Å²) in [6, 6.07) is 23.9. The number of aryl methyl sites for hydroxylation is 1. The van der Waals surface area contributed by atoms with Gasteiger partial charge >= 0.3 is 0 Å². The first-order valence-corrected chi connectivity index (χ1v) is 12.0. The number of ketones is 1. The van der Waals surface area contributed by atoms with Crippen LogP contribution in [-0.4, -0.2) is 18.8 Å². The van der Waals surface area contributed by atoms with Crippen molar-refractivity contribution >= 4 is 11.7 Å². The van der Waals surface area contributed by atoms with Crippen LogP contribution in [0.5, 0.6) is 11.5 Å². The van der Waals surface area contributed by atoms with Gasteiger partial charge in [0.05, 0.1) is 7.11 Å². The first kappa shape index (κ1) is 22.9. The van der Waals surface area contributed by atoms with Crippen LogP contribution in [0, 0.1) is 6.92 Å². The number of carbonyl (C=O) groups excluding carboxylic acids is 2. The van der Waals surface area contributed by atoms with E-state index in [4.69, 9.17) is 9.47 Å².